The molecule has 2 N–H and O–H groups in total. The number of hydrogen-bond donors (Lipinski definition) is 2. The molecule has 4 aromatic rings. The van der Waals surface area contributed by atoms with Gasteiger partial charge in [0.25, 0.3) is 5.91 Å². The number of aromatic nitrogens is 1. The van der Waals surface area contributed by atoms with Crippen LogP contribution in [-0.2, 0) is 4.79 Å². The van der Waals surface area contributed by atoms with Gasteiger partial charge in [-0.3, -0.25) is 9.59 Å². The number of benzene rings is 3. The lowest BCUT2D eigenvalue weighted by atomic mass is 9.99. The molecule has 0 aliphatic rings. The second-order valence-electron chi connectivity index (χ2n) is 8.39. The third-order valence-electron chi connectivity index (χ3n) is 5.77. The molecule has 0 saturated carbocycles. The monoisotopic (exact) mass is 437 g/mol. The van der Waals surface area contributed by atoms with Crippen LogP contribution >= 0.6 is 0 Å². The Hall–Kier alpha value is -3.99. The molecular formula is C28H27N3O2. The molecule has 0 atom stereocenters. The number of fused-ring (bicyclic) bond motifs is 1. The molecule has 166 valence electrons. The van der Waals surface area contributed by atoms with Crippen LogP contribution in [0.15, 0.2) is 66.7 Å². The van der Waals surface area contributed by atoms with Gasteiger partial charge in [0.1, 0.15) is 0 Å². The third-order valence-corrected chi connectivity index (χ3v) is 5.77. The minimum Gasteiger partial charge on any atom is -0.343 e. The van der Waals surface area contributed by atoms with Crippen molar-refractivity contribution in [2.45, 2.75) is 27.7 Å². The molecule has 2 amide bonds. The number of amides is 2. The standard InChI is InChI=1S/C28H27N3O2/c1-17-12-13-21(20(4)14-17)25-15-23(22-10-5-6-11-24(22)30-25)28(33)29-16-26(32)31-27-18(2)8-7-9-19(27)3/h5-15H,16H2,1-4H3,(H,29,33)(H,31,32). The van der Waals surface area contributed by atoms with Gasteiger partial charge in [-0.2, -0.15) is 0 Å². The average molecular weight is 438 g/mol. The maximum Gasteiger partial charge on any atom is 0.252 e. The molecule has 0 fully saturated rings. The summed E-state index contributed by atoms with van der Waals surface area (Å²) in [5, 5.41) is 6.43. The van der Waals surface area contributed by atoms with Crippen LogP contribution in [0.25, 0.3) is 22.2 Å². The van der Waals surface area contributed by atoms with Gasteiger partial charge in [-0.05, 0) is 56.5 Å². The number of carbonyl (C=O) groups is 2. The number of nitrogens with zero attached hydrogens (tertiary/aromatic N) is 1. The molecule has 3 aromatic carbocycles. The lowest BCUT2D eigenvalue weighted by Gasteiger charge is -2.13. The van der Waals surface area contributed by atoms with Gasteiger partial charge < -0.3 is 10.6 Å². The molecule has 0 radical (unpaired) electrons. The van der Waals surface area contributed by atoms with Gasteiger partial charge in [0.2, 0.25) is 5.91 Å². The number of aryl methyl sites for hydroxylation is 4. The molecule has 0 unspecified atom stereocenters. The van der Waals surface area contributed by atoms with E-state index in [1.54, 1.807) is 6.07 Å². The first-order valence-corrected chi connectivity index (χ1v) is 10.9. The fourth-order valence-corrected chi connectivity index (χ4v) is 4.05. The zero-order valence-electron chi connectivity index (χ0n) is 19.3. The van der Waals surface area contributed by atoms with Crippen molar-refractivity contribution >= 4 is 28.4 Å². The molecule has 5 heteroatoms. The van der Waals surface area contributed by atoms with Crippen LogP contribution in [0, 0.1) is 27.7 Å². The highest BCUT2D eigenvalue weighted by atomic mass is 16.2. The van der Waals surface area contributed by atoms with E-state index in [0.717, 1.165) is 44.5 Å². The van der Waals surface area contributed by atoms with Crippen molar-refractivity contribution in [2.75, 3.05) is 11.9 Å². The molecule has 4 rings (SSSR count). The van der Waals surface area contributed by atoms with Crippen molar-refractivity contribution in [3.8, 4) is 11.3 Å². The fraction of sp³-hybridized carbons (Fsp3) is 0.179. The molecule has 0 aliphatic heterocycles. The van der Waals surface area contributed by atoms with Crippen molar-refractivity contribution in [2.24, 2.45) is 0 Å². The lowest BCUT2D eigenvalue weighted by Crippen LogP contribution is -2.33. The smallest absolute Gasteiger partial charge is 0.252 e. The summed E-state index contributed by atoms with van der Waals surface area (Å²) in [6.45, 7) is 7.85. The Balaban J connectivity index is 1.60. The normalized spacial score (nSPS) is 10.8. The molecule has 33 heavy (non-hydrogen) atoms. The van der Waals surface area contributed by atoms with E-state index in [-0.39, 0.29) is 18.4 Å². The van der Waals surface area contributed by atoms with E-state index >= 15 is 0 Å². The number of rotatable bonds is 5. The highest BCUT2D eigenvalue weighted by Gasteiger charge is 2.16. The number of carbonyl (C=O) groups excluding carboxylic acids is 2. The zero-order chi connectivity index (χ0) is 23.5. The Kier molecular flexibility index (Phi) is 6.22. The number of nitrogens with one attached hydrogen (secondary N) is 2. The summed E-state index contributed by atoms with van der Waals surface area (Å²) in [6.07, 6.45) is 0. The predicted octanol–water partition coefficient (Wildman–Crippen LogP) is 5.50. The fourth-order valence-electron chi connectivity index (χ4n) is 4.05. The maximum atomic E-state index is 13.2. The van der Waals surface area contributed by atoms with Gasteiger partial charge in [-0.1, -0.05) is 60.2 Å². The number of hydrogen-bond acceptors (Lipinski definition) is 3. The van der Waals surface area contributed by atoms with Crippen molar-refractivity contribution in [1.29, 1.82) is 0 Å². The van der Waals surface area contributed by atoms with Gasteiger partial charge >= 0.3 is 0 Å². The Bertz CT molecular complexity index is 1350. The molecule has 1 aromatic heterocycles. The Morgan fingerprint density at radius 2 is 1.55 bits per heavy atom. The highest BCUT2D eigenvalue weighted by molar-refractivity contribution is 6.08. The molecule has 0 saturated heterocycles. The second kappa shape index (κ2) is 9.25. The van der Waals surface area contributed by atoms with Crippen molar-refractivity contribution < 1.29 is 9.59 Å². The number of anilines is 1. The lowest BCUT2D eigenvalue weighted by molar-refractivity contribution is -0.115. The van der Waals surface area contributed by atoms with Crippen LogP contribution in [0.1, 0.15) is 32.6 Å². The first kappa shape index (κ1) is 22.2. The van der Waals surface area contributed by atoms with Crippen molar-refractivity contribution in [3.05, 3.63) is 94.5 Å². The maximum absolute atomic E-state index is 13.2. The van der Waals surface area contributed by atoms with E-state index in [2.05, 4.69) is 16.7 Å². The summed E-state index contributed by atoms with van der Waals surface area (Å²) in [6, 6.07) is 21.4. The first-order chi connectivity index (χ1) is 15.8. The van der Waals surface area contributed by atoms with Gasteiger partial charge in [0.05, 0.1) is 23.3 Å². The molecule has 0 bridgehead atoms. The first-order valence-electron chi connectivity index (χ1n) is 10.9. The Labute approximate surface area is 193 Å². The summed E-state index contributed by atoms with van der Waals surface area (Å²) in [4.78, 5) is 30.5. The summed E-state index contributed by atoms with van der Waals surface area (Å²) in [7, 11) is 0. The van der Waals surface area contributed by atoms with Gasteiger partial charge in [-0.25, -0.2) is 4.98 Å². The predicted molar refractivity (Wildman–Crippen MR) is 134 cm³/mol. The Morgan fingerprint density at radius 3 is 2.27 bits per heavy atom. The Morgan fingerprint density at radius 1 is 0.818 bits per heavy atom. The largest absolute Gasteiger partial charge is 0.343 e. The molecule has 5 nitrogen and oxygen atoms in total. The summed E-state index contributed by atoms with van der Waals surface area (Å²) in [5.74, 6) is -0.579. The quantitative estimate of drug-likeness (QED) is 0.433. The van der Waals surface area contributed by atoms with E-state index in [4.69, 9.17) is 4.98 Å². The van der Waals surface area contributed by atoms with Crippen LogP contribution in [0.4, 0.5) is 5.69 Å². The molecule has 0 spiro atoms. The second-order valence-corrected chi connectivity index (χ2v) is 8.39. The molecular weight excluding hydrogens is 410 g/mol. The van der Waals surface area contributed by atoms with Crippen molar-refractivity contribution in [1.82, 2.24) is 10.3 Å². The number of para-hydroxylation sites is 2. The van der Waals surface area contributed by atoms with E-state index in [1.165, 1.54) is 5.56 Å². The zero-order valence-corrected chi connectivity index (χ0v) is 19.3. The summed E-state index contributed by atoms with van der Waals surface area (Å²) < 4.78 is 0. The van der Waals surface area contributed by atoms with Gasteiger partial charge in [-0.15, -0.1) is 0 Å². The van der Waals surface area contributed by atoms with Crippen LogP contribution in [0.3, 0.4) is 0 Å². The van der Waals surface area contributed by atoms with Gasteiger partial charge in [0, 0.05) is 16.6 Å². The topological polar surface area (TPSA) is 71.1 Å². The van der Waals surface area contributed by atoms with Crippen LogP contribution in [-0.4, -0.2) is 23.3 Å². The summed E-state index contributed by atoms with van der Waals surface area (Å²) in [5.41, 5.74) is 7.95. The number of pyridine rings is 1. The molecule has 1 heterocycles. The summed E-state index contributed by atoms with van der Waals surface area (Å²) >= 11 is 0. The van der Waals surface area contributed by atoms with Gasteiger partial charge in [0.15, 0.2) is 0 Å². The third kappa shape index (κ3) is 4.77. The molecule has 0 aliphatic carbocycles. The van der Waals surface area contributed by atoms with E-state index in [1.807, 2.05) is 82.3 Å². The average Bonchev–Trinajstić information content (AvgIpc) is 2.79. The van der Waals surface area contributed by atoms with Crippen LogP contribution in [0.2, 0.25) is 0 Å². The van der Waals surface area contributed by atoms with Crippen molar-refractivity contribution in [3.63, 3.8) is 0 Å². The highest BCUT2D eigenvalue weighted by Crippen LogP contribution is 2.27. The van der Waals surface area contributed by atoms with E-state index in [9.17, 15) is 9.59 Å². The SMILES string of the molecule is Cc1ccc(-c2cc(C(=O)NCC(=O)Nc3c(C)cccc3C)c3ccccc3n2)c(C)c1. The van der Waals surface area contributed by atoms with Crippen LogP contribution in [0.5, 0.6) is 0 Å². The van der Waals surface area contributed by atoms with Crippen LogP contribution < -0.4 is 10.6 Å². The van der Waals surface area contributed by atoms with E-state index < -0.39 is 0 Å². The van der Waals surface area contributed by atoms with E-state index in [0.29, 0.717) is 5.56 Å². The minimum atomic E-state index is -0.309. The minimum absolute atomic E-state index is 0.123.